The van der Waals surface area contributed by atoms with E-state index in [1.165, 1.54) is 0 Å². The van der Waals surface area contributed by atoms with Gasteiger partial charge in [0.15, 0.2) is 0 Å². The highest BCUT2D eigenvalue weighted by Crippen LogP contribution is 2.66. The van der Waals surface area contributed by atoms with Gasteiger partial charge in [0.25, 0.3) is 0 Å². The van der Waals surface area contributed by atoms with Crippen LogP contribution in [0, 0.1) is 5.92 Å². The third-order valence-electron chi connectivity index (χ3n) is 5.64. The molecule has 1 amide bonds. The number of likely N-dealkylation sites (tertiary alicyclic amines) is 1. The van der Waals surface area contributed by atoms with Gasteiger partial charge in [-0.3, -0.25) is 4.79 Å². The van der Waals surface area contributed by atoms with Crippen molar-refractivity contribution >= 4 is 29.1 Å². The molecule has 1 heterocycles. The van der Waals surface area contributed by atoms with Crippen molar-refractivity contribution in [3.8, 4) is 5.75 Å². The molecule has 0 bridgehead atoms. The number of rotatable bonds is 4. The number of piperidine rings is 1. The Balaban J connectivity index is 1.90. The SMILES string of the molecule is CCOc1ccc([C@]2(C(=O)N3CCC[C@H](C)[C@@H]3C)CC2(Cl)Cl)cc1. The van der Waals surface area contributed by atoms with Crippen LogP contribution in [0.2, 0.25) is 0 Å². The van der Waals surface area contributed by atoms with Crippen LogP contribution in [0.4, 0.5) is 0 Å². The molecule has 0 spiro atoms. The van der Waals surface area contributed by atoms with Crippen molar-refractivity contribution < 1.29 is 9.53 Å². The Morgan fingerprint density at radius 1 is 1.29 bits per heavy atom. The molecule has 1 aromatic carbocycles. The molecule has 2 aliphatic rings. The molecule has 0 N–H and O–H groups in total. The molecule has 24 heavy (non-hydrogen) atoms. The lowest BCUT2D eigenvalue weighted by Gasteiger charge is -2.40. The van der Waals surface area contributed by atoms with E-state index in [0.29, 0.717) is 18.9 Å². The van der Waals surface area contributed by atoms with E-state index in [1.807, 2.05) is 36.1 Å². The van der Waals surface area contributed by atoms with Gasteiger partial charge >= 0.3 is 0 Å². The minimum atomic E-state index is -1.03. The molecule has 5 heteroatoms. The lowest BCUT2D eigenvalue weighted by atomic mass is 9.88. The number of hydrogen-bond acceptors (Lipinski definition) is 2. The zero-order valence-electron chi connectivity index (χ0n) is 14.5. The van der Waals surface area contributed by atoms with Gasteiger partial charge < -0.3 is 9.64 Å². The van der Waals surface area contributed by atoms with Crippen LogP contribution in [0.15, 0.2) is 24.3 Å². The number of hydrogen-bond donors (Lipinski definition) is 0. The van der Waals surface area contributed by atoms with Gasteiger partial charge in [0.2, 0.25) is 5.91 Å². The van der Waals surface area contributed by atoms with Gasteiger partial charge in [-0.2, -0.15) is 0 Å². The van der Waals surface area contributed by atoms with Gasteiger partial charge in [-0.15, -0.1) is 23.2 Å². The molecule has 2 fully saturated rings. The summed E-state index contributed by atoms with van der Waals surface area (Å²) in [5, 5.41) is 0. The van der Waals surface area contributed by atoms with Gasteiger partial charge in [-0.1, -0.05) is 19.1 Å². The van der Waals surface area contributed by atoms with E-state index in [-0.39, 0.29) is 11.9 Å². The van der Waals surface area contributed by atoms with Crippen LogP contribution in [0.3, 0.4) is 0 Å². The van der Waals surface area contributed by atoms with Crippen LogP contribution in [-0.2, 0) is 10.2 Å². The van der Waals surface area contributed by atoms with Crippen molar-refractivity contribution in [3.05, 3.63) is 29.8 Å². The third kappa shape index (κ3) is 2.80. The number of alkyl halides is 2. The molecule has 1 aromatic rings. The van der Waals surface area contributed by atoms with E-state index < -0.39 is 9.75 Å². The van der Waals surface area contributed by atoms with E-state index in [1.54, 1.807) is 0 Å². The Kier molecular flexibility index (Phi) is 4.78. The summed E-state index contributed by atoms with van der Waals surface area (Å²) in [6, 6.07) is 7.84. The number of ether oxygens (including phenoxy) is 1. The minimum Gasteiger partial charge on any atom is -0.494 e. The summed E-state index contributed by atoms with van der Waals surface area (Å²) in [5.41, 5.74) is 0.0537. The number of amides is 1. The molecule has 3 rings (SSSR count). The lowest BCUT2D eigenvalue weighted by Crippen LogP contribution is -2.51. The van der Waals surface area contributed by atoms with Crippen molar-refractivity contribution in [2.45, 2.75) is 55.8 Å². The average molecular weight is 370 g/mol. The van der Waals surface area contributed by atoms with E-state index in [9.17, 15) is 4.79 Å². The van der Waals surface area contributed by atoms with E-state index in [4.69, 9.17) is 27.9 Å². The Morgan fingerprint density at radius 3 is 2.46 bits per heavy atom. The fraction of sp³-hybridized carbons (Fsp3) is 0.632. The standard InChI is InChI=1S/C19H25Cl2NO2/c1-4-24-16-9-7-15(8-10-16)18(12-19(18,20)21)17(23)22-11-5-6-13(2)14(22)3/h7-10,13-14H,4-6,11-12H2,1-3H3/t13-,14-,18-/m0/s1. The Bertz CT molecular complexity index is 616. The monoisotopic (exact) mass is 369 g/mol. The van der Waals surface area contributed by atoms with Gasteiger partial charge in [-0.05, 0) is 50.3 Å². The van der Waals surface area contributed by atoms with Gasteiger partial charge in [0, 0.05) is 19.0 Å². The summed E-state index contributed by atoms with van der Waals surface area (Å²) < 4.78 is 4.46. The predicted molar refractivity (Wildman–Crippen MR) is 97.9 cm³/mol. The normalized spacial score (nSPS) is 31.6. The highest BCUT2D eigenvalue weighted by Gasteiger charge is 2.73. The third-order valence-corrected chi connectivity index (χ3v) is 6.56. The van der Waals surface area contributed by atoms with Crippen LogP contribution in [0.25, 0.3) is 0 Å². The second-order valence-electron chi connectivity index (χ2n) is 7.10. The van der Waals surface area contributed by atoms with Crippen LogP contribution in [-0.4, -0.2) is 34.3 Å². The first-order valence-corrected chi connectivity index (χ1v) is 9.51. The average Bonchev–Trinajstić information content (AvgIpc) is 3.14. The summed E-state index contributed by atoms with van der Waals surface area (Å²) >= 11 is 13.0. The maximum absolute atomic E-state index is 13.4. The van der Waals surface area contributed by atoms with Crippen molar-refractivity contribution in [1.82, 2.24) is 4.90 Å². The minimum absolute atomic E-state index is 0.0655. The van der Waals surface area contributed by atoms with Crippen molar-refractivity contribution in [1.29, 1.82) is 0 Å². The molecular formula is C19H25Cl2NO2. The van der Waals surface area contributed by atoms with Gasteiger partial charge in [0.1, 0.15) is 15.5 Å². The lowest BCUT2D eigenvalue weighted by molar-refractivity contribution is -0.138. The molecule has 3 nitrogen and oxygen atoms in total. The predicted octanol–water partition coefficient (Wildman–Crippen LogP) is 4.55. The summed E-state index contributed by atoms with van der Waals surface area (Å²) in [5.74, 6) is 1.36. The Hall–Kier alpha value is -0.930. The Morgan fingerprint density at radius 2 is 1.92 bits per heavy atom. The molecule has 3 atom stereocenters. The number of nitrogens with zero attached hydrogens (tertiary/aromatic N) is 1. The van der Waals surface area contributed by atoms with E-state index in [0.717, 1.165) is 30.7 Å². The fourth-order valence-corrected chi connectivity index (χ4v) is 4.61. The van der Waals surface area contributed by atoms with Crippen LogP contribution in [0.1, 0.15) is 45.6 Å². The van der Waals surface area contributed by atoms with Gasteiger partial charge in [-0.25, -0.2) is 0 Å². The molecule has 0 radical (unpaired) electrons. The first-order valence-electron chi connectivity index (χ1n) is 8.75. The maximum atomic E-state index is 13.4. The molecule has 0 unspecified atom stereocenters. The van der Waals surface area contributed by atoms with Gasteiger partial charge in [0.05, 0.1) is 6.61 Å². The second-order valence-corrected chi connectivity index (χ2v) is 8.59. The Labute approximate surface area is 154 Å². The summed E-state index contributed by atoms with van der Waals surface area (Å²) in [7, 11) is 0. The molecule has 1 saturated heterocycles. The highest BCUT2D eigenvalue weighted by atomic mass is 35.5. The van der Waals surface area contributed by atoms with Crippen molar-refractivity contribution in [2.75, 3.05) is 13.2 Å². The molecule has 1 saturated carbocycles. The highest BCUT2D eigenvalue weighted by molar-refractivity contribution is 6.54. The molecule has 0 aromatic heterocycles. The summed E-state index contributed by atoms with van der Waals surface area (Å²) in [6.07, 6.45) is 2.66. The second kappa shape index (κ2) is 6.42. The quantitative estimate of drug-likeness (QED) is 0.728. The van der Waals surface area contributed by atoms with Crippen molar-refractivity contribution in [2.24, 2.45) is 5.92 Å². The molecular weight excluding hydrogens is 345 g/mol. The summed E-state index contributed by atoms with van der Waals surface area (Å²) in [6.45, 7) is 7.67. The van der Waals surface area contributed by atoms with Crippen molar-refractivity contribution in [3.63, 3.8) is 0 Å². The molecule has 1 aliphatic carbocycles. The first-order chi connectivity index (χ1) is 11.3. The van der Waals surface area contributed by atoms with Crippen LogP contribution >= 0.6 is 23.2 Å². The molecule has 1 aliphatic heterocycles. The number of carbonyl (C=O) groups excluding carboxylic acids is 1. The maximum Gasteiger partial charge on any atom is 0.236 e. The summed E-state index contributed by atoms with van der Waals surface area (Å²) in [4.78, 5) is 15.4. The fourth-order valence-electron chi connectivity index (χ4n) is 3.83. The van der Waals surface area contributed by atoms with Crippen LogP contribution < -0.4 is 4.74 Å². The van der Waals surface area contributed by atoms with E-state index in [2.05, 4.69) is 13.8 Å². The topological polar surface area (TPSA) is 29.5 Å². The molecule has 132 valence electrons. The first kappa shape index (κ1) is 17.9. The number of carbonyl (C=O) groups is 1. The van der Waals surface area contributed by atoms with E-state index >= 15 is 0 Å². The number of benzene rings is 1. The zero-order valence-corrected chi connectivity index (χ0v) is 16.0. The zero-order chi connectivity index (χ0) is 17.5. The van der Waals surface area contributed by atoms with Crippen LogP contribution in [0.5, 0.6) is 5.75 Å². The number of halogens is 2. The smallest absolute Gasteiger partial charge is 0.236 e. The largest absolute Gasteiger partial charge is 0.494 e.